The van der Waals surface area contributed by atoms with Crippen molar-refractivity contribution in [1.82, 2.24) is 5.32 Å². The van der Waals surface area contributed by atoms with Crippen LogP contribution >= 0.6 is 0 Å². The third kappa shape index (κ3) is 4.23. The molecule has 7 heteroatoms. The number of carbonyl (C=O) groups is 1. The Morgan fingerprint density at radius 2 is 1.68 bits per heavy atom. The molecule has 0 aliphatic carbocycles. The number of alkyl halides is 3. The summed E-state index contributed by atoms with van der Waals surface area (Å²) in [6.45, 7) is 1.68. The number of nitrogens with one attached hydrogen (secondary N) is 1. The number of rotatable bonds is 5. The highest BCUT2D eigenvalue weighted by molar-refractivity contribution is 5.96. The van der Waals surface area contributed by atoms with Gasteiger partial charge in [0.1, 0.15) is 0 Å². The van der Waals surface area contributed by atoms with Crippen molar-refractivity contribution in [3.63, 3.8) is 0 Å². The lowest BCUT2D eigenvalue weighted by Crippen LogP contribution is -2.28. The van der Waals surface area contributed by atoms with Gasteiger partial charge in [-0.15, -0.1) is 0 Å². The van der Waals surface area contributed by atoms with Crippen LogP contribution in [-0.2, 0) is 6.18 Å². The first kappa shape index (κ1) is 18.6. The number of hydrogen-bond acceptors (Lipinski definition) is 3. The molecule has 0 saturated heterocycles. The van der Waals surface area contributed by atoms with Gasteiger partial charge in [-0.3, -0.25) is 4.79 Å². The molecule has 0 aliphatic rings. The van der Waals surface area contributed by atoms with Crippen LogP contribution in [0.1, 0.15) is 34.5 Å². The topological polar surface area (TPSA) is 47.6 Å². The van der Waals surface area contributed by atoms with Gasteiger partial charge in [-0.1, -0.05) is 18.2 Å². The van der Waals surface area contributed by atoms with E-state index in [-0.39, 0.29) is 0 Å². The number of ether oxygens (including phenoxy) is 2. The van der Waals surface area contributed by atoms with Gasteiger partial charge >= 0.3 is 6.18 Å². The lowest BCUT2D eigenvalue weighted by Gasteiger charge is -2.18. The van der Waals surface area contributed by atoms with Crippen LogP contribution in [0.15, 0.2) is 42.5 Å². The fraction of sp³-hybridized carbons (Fsp3) is 0.278. The summed E-state index contributed by atoms with van der Waals surface area (Å²) in [7, 11) is 2.97. The molecule has 2 rings (SSSR count). The molecular weight excluding hydrogens is 335 g/mol. The molecule has 1 unspecified atom stereocenters. The number of halogens is 3. The van der Waals surface area contributed by atoms with E-state index in [1.807, 2.05) is 0 Å². The summed E-state index contributed by atoms with van der Waals surface area (Å²) >= 11 is 0. The first-order chi connectivity index (χ1) is 11.8. The maximum absolute atomic E-state index is 13.0. The monoisotopic (exact) mass is 353 g/mol. The number of hydrogen-bond donors (Lipinski definition) is 1. The minimum atomic E-state index is -4.60. The molecule has 0 fully saturated rings. The SMILES string of the molecule is COc1ccc(C(C)NC(=O)c2ccccc2C(F)(F)F)cc1OC. The second-order valence-electron chi connectivity index (χ2n) is 5.35. The van der Waals surface area contributed by atoms with Crippen molar-refractivity contribution in [1.29, 1.82) is 0 Å². The van der Waals surface area contributed by atoms with Gasteiger partial charge in [0.25, 0.3) is 5.91 Å². The van der Waals surface area contributed by atoms with Crippen molar-refractivity contribution < 1.29 is 27.4 Å². The second kappa shape index (κ2) is 7.46. The summed E-state index contributed by atoms with van der Waals surface area (Å²) in [6, 6.07) is 9.20. The maximum atomic E-state index is 13.0. The second-order valence-corrected chi connectivity index (χ2v) is 5.35. The Labute approximate surface area is 143 Å². The summed E-state index contributed by atoms with van der Waals surface area (Å²) in [5.74, 6) is 0.194. The normalized spacial score (nSPS) is 12.4. The molecule has 134 valence electrons. The van der Waals surface area contributed by atoms with E-state index in [0.717, 1.165) is 12.1 Å². The quantitative estimate of drug-likeness (QED) is 0.876. The van der Waals surface area contributed by atoms with Crippen molar-refractivity contribution in [3.8, 4) is 11.5 Å². The molecule has 0 spiro atoms. The molecule has 0 radical (unpaired) electrons. The molecule has 0 aliphatic heterocycles. The largest absolute Gasteiger partial charge is 0.493 e. The van der Waals surface area contributed by atoms with Gasteiger partial charge in [-0.25, -0.2) is 0 Å². The van der Waals surface area contributed by atoms with Gasteiger partial charge in [-0.2, -0.15) is 13.2 Å². The Morgan fingerprint density at radius 3 is 2.28 bits per heavy atom. The molecule has 0 saturated carbocycles. The Bertz CT molecular complexity index is 759. The number of methoxy groups -OCH3 is 2. The van der Waals surface area contributed by atoms with E-state index >= 15 is 0 Å². The minimum absolute atomic E-state index is 0.415. The van der Waals surface area contributed by atoms with Crippen LogP contribution in [-0.4, -0.2) is 20.1 Å². The minimum Gasteiger partial charge on any atom is -0.493 e. The molecule has 0 aromatic heterocycles. The van der Waals surface area contributed by atoms with Crippen LogP contribution in [0, 0.1) is 0 Å². The Morgan fingerprint density at radius 1 is 1.04 bits per heavy atom. The Hall–Kier alpha value is -2.70. The molecule has 2 aromatic carbocycles. The molecule has 2 aromatic rings. The van der Waals surface area contributed by atoms with Gasteiger partial charge in [0.15, 0.2) is 11.5 Å². The Kier molecular flexibility index (Phi) is 5.56. The zero-order valence-corrected chi connectivity index (χ0v) is 14.0. The van der Waals surface area contributed by atoms with Crippen LogP contribution < -0.4 is 14.8 Å². The number of benzene rings is 2. The number of amides is 1. The first-order valence-corrected chi connectivity index (χ1v) is 7.47. The molecule has 1 amide bonds. The average molecular weight is 353 g/mol. The van der Waals surface area contributed by atoms with Crippen LogP contribution in [0.3, 0.4) is 0 Å². The molecule has 0 heterocycles. The van der Waals surface area contributed by atoms with Crippen molar-refractivity contribution in [2.75, 3.05) is 14.2 Å². The van der Waals surface area contributed by atoms with E-state index in [0.29, 0.717) is 17.1 Å². The van der Waals surface area contributed by atoms with Gasteiger partial charge in [0.2, 0.25) is 0 Å². The lowest BCUT2D eigenvalue weighted by molar-refractivity contribution is -0.137. The van der Waals surface area contributed by atoms with E-state index in [1.54, 1.807) is 25.1 Å². The summed E-state index contributed by atoms with van der Waals surface area (Å²) in [4.78, 5) is 12.3. The summed E-state index contributed by atoms with van der Waals surface area (Å²) in [5, 5.41) is 2.58. The lowest BCUT2D eigenvalue weighted by atomic mass is 10.0. The number of carbonyl (C=O) groups excluding carboxylic acids is 1. The van der Waals surface area contributed by atoms with E-state index in [4.69, 9.17) is 9.47 Å². The molecule has 4 nitrogen and oxygen atoms in total. The third-order valence-corrected chi connectivity index (χ3v) is 3.73. The predicted molar refractivity (Wildman–Crippen MR) is 86.9 cm³/mol. The van der Waals surface area contributed by atoms with E-state index < -0.39 is 29.3 Å². The fourth-order valence-corrected chi connectivity index (χ4v) is 2.41. The van der Waals surface area contributed by atoms with E-state index in [1.165, 1.54) is 26.4 Å². The predicted octanol–water partition coefficient (Wildman–Crippen LogP) is 4.21. The molecular formula is C18H18F3NO3. The van der Waals surface area contributed by atoms with Crippen molar-refractivity contribution >= 4 is 5.91 Å². The molecule has 0 bridgehead atoms. The Balaban J connectivity index is 2.24. The van der Waals surface area contributed by atoms with E-state index in [9.17, 15) is 18.0 Å². The maximum Gasteiger partial charge on any atom is 0.417 e. The fourth-order valence-electron chi connectivity index (χ4n) is 2.41. The third-order valence-electron chi connectivity index (χ3n) is 3.73. The summed E-state index contributed by atoms with van der Waals surface area (Å²) in [5.41, 5.74) is -0.704. The zero-order chi connectivity index (χ0) is 18.6. The van der Waals surface area contributed by atoms with Crippen LogP contribution in [0.4, 0.5) is 13.2 Å². The highest BCUT2D eigenvalue weighted by Crippen LogP contribution is 2.33. The van der Waals surface area contributed by atoms with E-state index in [2.05, 4.69) is 5.32 Å². The van der Waals surface area contributed by atoms with Gasteiger partial charge < -0.3 is 14.8 Å². The van der Waals surface area contributed by atoms with Crippen LogP contribution in [0.5, 0.6) is 11.5 Å². The summed E-state index contributed by atoms with van der Waals surface area (Å²) < 4.78 is 49.5. The first-order valence-electron chi connectivity index (χ1n) is 7.47. The molecule has 25 heavy (non-hydrogen) atoms. The molecule has 1 atom stereocenters. The highest BCUT2D eigenvalue weighted by Gasteiger charge is 2.35. The zero-order valence-electron chi connectivity index (χ0n) is 14.0. The summed E-state index contributed by atoms with van der Waals surface area (Å²) in [6.07, 6.45) is -4.60. The van der Waals surface area contributed by atoms with Crippen molar-refractivity contribution in [3.05, 3.63) is 59.2 Å². The highest BCUT2D eigenvalue weighted by atomic mass is 19.4. The standard InChI is InChI=1S/C18H18F3NO3/c1-11(12-8-9-15(24-2)16(10-12)25-3)22-17(23)13-6-4-5-7-14(13)18(19,20)21/h4-11H,1-3H3,(H,22,23). The van der Waals surface area contributed by atoms with Crippen molar-refractivity contribution in [2.45, 2.75) is 19.1 Å². The smallest absolute Gasteiger partial charge is 0.417 e. The van der Waals surface area contributed by atoms with Gasteiger partial charge in [-0.05, 0) is 36.8 Å². The van der Waals surface area contributed by atoms with Gasteiger partial charge in [0, 0.05) is 0 Å². The van der Waals surface area contributed by atoms with Crippen LogP contribution in [0.25, 0.3) is 0 Å². The average Bonchev–Trinajstić information content (AvgIpc) is 2.60. The molecule has 1 N–H and O–H groups in total. The van der Waals surface area contributed by atoms with Crippen molar-refractivity contribution in [2.24, 2.45) is 0 Å². The van der Waals surface area contributed by atoms with Crippen LogP contribution in [0.2, 0.25) is 0 Å². The van der Waals surface area contributed by atoms with Gasteiger partial charge in [0.05, 0.1) is 31.4 Å².